The molecule has 0 aromatic carbocycles. The molecule has 7 heteroatoms. The highest BCUT2D eigenvalue weighted by Crippen LogP contribution is 2.13. The Bertz CT molecular complexity index is 1180. The van der Waals surface area contributed by atoms with E-state index < -0.39 is 28.0 Å². The van der Waals surface area contributed by atoms with Gasteiger partial charge in [0.2, 0.25) is 5.91 Å². The van der Waals surface area contributed by atoms with Crippen LogP contribution in [0.1, 0.15) is 194 Å². The van der Waals surface area contributed by atoms with Crippen LogP contribution in [-0.2, 0) is 14.9 Å². The summed E-state index contributed by atoms with van der Waals surface area (Å²) < 4.78 is 32.6. The summed E-state index contributed by atoms with van der Waals surface area (Å²) in [4.78, 5) is 12.5. The number of nitrogens with one attached hydrogen (secondary N) is 1. The fraction of sp³-hybridized carbons (Fsp3) is 0.688. The standard InChI is InChI=1S/C48H83NO5S/c1-3-5-7-9-11-13-15-17-19-21-23-24-26-28-30-32-34-36-38-40-42-44-48(51)49-46(45-55(52,53)54)47(50)43-41-39-37-35-33-31-29-27-25-22-20-18-16-14-12-10-8-6-4-2/h5,7,11,13,17,19,23-25,27,33,35,41,43,46-47,50H,3-4,6,8-10,12,14-16,18,20-22,26,28-32,34,36-40,42,44-45H2,1-2H3,(H,49,51)(H,52,53,54)/b7-5-,13-11-,19-17-,24-23-,27-25+,35-33+,43-41+. The summed E-state index contributed by atoms with van der Waals surface area (Å²) in [6.07, 6.45) is 60.0. The fourth-order valence-corrected chi connectivity index (χ4v) is 6.97. The summed E-state index contributed by atoms with van der Waals surface area (Å²) in [7, 11) is -4.37. The monoisotopic (exact) mass is 786 g/mol. The Morgan fingerprint density at radius 3 is 1.36 bits per heavy atom. The third-order valence-electron chi connectivity index (χ3n) is 9.53. The van der Waals surface area contributed by atoms with E-state index in [0.29, 0.717) is 12.8 Å². The molecule has 0 fully saturated rings. The van der Waals surface area contributed by atoms with E-state index in [2.05, 4.69) is 92.1 Å². The van der Waals surface area contributed by atoms with Gasteiger partial charge in [-0.1, -0.05) is 189 Å². The molecule has 0 heterocycles. The second-order valence-electron chi connectivity index (χ2n) is 14.9. The second kappa shape index (κ2) is 41.2. The summed E-state index contributed by atoms with van der Waals surface area (Å²) in [5.74, 6) is -1.03. The first-order valence-electron chi connectivity index (χ1n) is 22.3. The van der Waals surface area contributed by atoms with Gasteiger partial charge in [-0.15, -0.1) is 0 Å². The van der Waals surface area contributed by atoms with Gasteiger partial charge in [0, 0.05) is 6.42 Å². The molecule has 0 saturated carbocycles. The summed E-state index contributed by atoms with van der Waals surface area (Å²) in [5.41, 5.74) is 0. The van der Waals surface area contributed by atoms with Crippen molar-refractivity contribution >= 4 is 16.0 Å². The molecule has 6 nitrogen and oxygen atoms in total. The van der Waals surface area contributed by atoms with Gasteiger partial charge in [-0.2, -0.15) is 8.42 Å². The maximum atomic E-state index is 12.5. The Morgan fingerprint density at radius 2 is 0.891 bits per heavy atom. The Hall–Kier alpha value is -2.48. The first kappa shape index (κ1) is 52.5. The van der Waals surface area contributed by atoms with Gasteiger partial charge in [0.1, 0.15) is 0 Å². The van der Waals surface area contributed by atoms with Crippen molar-refractivity contribution in [2.75, 3.05) is 5.75 Å². The van der Waals surface area contributed by atoms with Gasteiger partial charge >= 0.3 is 0 Å². The number of carbonyl (C=O) groups is 1. The number of amides is 1. The SMILES string of the molecule is CC/C=C\C/C=C\C/C=C\C/C=C\CCCCCCCCCCC(=O)NC(CS(=O)(=O)O)C(O)/C=C/CC/C=C/CC/C=C/CCCCCCCCCCC. The Kier molecular flexibility index (Phi) is 39.3. The number of hydrogen-bond donors (Lipinski definition) is 3. The van der Waals surface area contributed by atoms with Gasteiger partial charge in [-0.25, -0.2) is 0 Å². The van der Waals surface area contributed by atoms with E-state index in [4.69, 9.17) is 0 Å². The highest BCUT2D eigenvalue weighted by atomic mass is 32.2. The van der Waals surface area contributed by atoms with Crippen molar-refractivity contribution in [1.82, 2.24) is 5.32 Å². The quantitative estimate of drug-likeness (QED) is 0.0327. The Morgan fingerprint density at radius 1 is 0.509 bits per heavy atom. The van der Waals surface area contributed by atoms with Crippen molar-refractivity contribution < 1.29 is 22.9 Å². The smallest absolute Gasteiger partial charge is 0.267 e. The number of carbonyl (C=O) groups excluding carboxylic acids is 1. The predicted molar refractivity (Wildman–Crippen MR) is 239 cm³/mol. The molecule has 2 atom stereocenters. The van der Waals surface area contributed by atoms with E-state index >= 15 is 0 Å². The number of aliphatic hydroxyl groups is 1. The molecule has 0 aliphatic carbocycles. The van der Waals surface area contributed by atoms with Crippen molar-refractivity contribution in [3.05, 3.63) is 85.1 Å². The first-order valence-corrected chi connectivity index (χ1v) is 23.9. The minimum absolute atomic E-state index is 0.270. The zero-order valence-corrected chi connectivity index (χ0v) is 36.1. The van der Waals surface area contributed by atoms with E-state index in [1.54, 1.807) is 6.08 Å². The van der Waals surface area contributed by atoms with Crippen LogP contribution in [0.15, 0.2) is 85.1 Å². The summed E-state index contributed by atoms with van der Waals surface area (Å²) in [6.45, 7) is 4.41. The molecule has 0 aromatic rings. The van der Waals surface area contributed by atoms with Crippen molar-refractivity contribution in [2.45, 2.75) is 206 Å². The Balaban J connectivity index is 3.99. The molecule has 0 aliphatic rings. The van der Waals surface area contributed by atoms with E-state index in [9.17, 15) is 22.9 Å². The van der Waals surface area contributed by atoms with Crippen LogP contribution in [0, 0.1) is 0 Å². The summed E-state index contributed by atoms with van der Waals surface area (Å²) in [5, 5.41) is 13.2. The van der Waals surface area contributed by atoms with E-state index in [-0.39, 0.29) is 12.3 Å². The molecule has 0 spiro atoms. The van der Waals surface area contributed by atoms with Crippen LogP contribution in [0.5, 0.6) is 0 Å². The molecule has 0 aliphatic heterocycles. The minimum Gasteiger partial charge on any atom is -0.387 e. The van der Waals surface area contributed by atoms with Gasteiger partial charge in [0.05, 0.1) is 17.9 Å². The fourth-order valence-electron chi connectivity index (χ4n) is 6.24. The average Bonchev–Trinajstić information content (AvgIpc) is 3.15. The zero-order chi connectivity index (χ0) is 40.3. The lowest BCUT2D eigenvalue weighted by Gasteiger charge is -2.21. The van der Waals surface area contributed by atoms with Crippen molar-refractivity contribution in [3.63, 3.8) is 0 Å². The molecule has 0 saturated heterocycles. The predicted octanol–water partition coefficient (Wildman–Crippen LogP) is 13.6. The van der Waals surface area contributed by atoms with E-state index in [1.807, 2.05) is 0 Å². The molecule has 2 unspecified atom stereocenters. The van der Waals surface area contributed by atoms with Crippen molar-refractivity contribution in [2.24, 2.45) is 0 Å². The number of aliphatic hydroxyl groups excluding tert-OH is 1. The van der Waals surface area contributed by atoms with Crippen LogP contribution in [-0.4, -0.2) is 41.9 Å². The summed E-state index contributed by atoms with van der Waals surface area (Å²) >= 11 is 0. The number of rotatable bonds is 39. The van der Waals surface area contributed by atoms with Gasteiger partial charge < -0.3 is 10.4 Å². The number of allylic oxidation sites excluding steroid dienone is 13. The molecule has 0 bridgehead atoms. The molecule has 3 N–H and O–H groups in total. The third-order valence-corrected chi connectivity index (χ3v) is 10.3. The molecule has 316 valence electrons. The normalized spacial score (nSPS) is 14.0. The van der Waals surface area contributed by atoms with Crippen LogP contribution in [0.3, 0.4) is 0 Å². The molecule has 0 rings (SSSR count). The molecule has 0 aromatic heterocycles. The van der Waals surface area contributed by atoms with Gasteiger partial charge in [0.25, 0.3) is 10.1 Å². The topological polar surface area (TPSA) is 104 Å². The maximum Gasteiger partial charge on any atom is 0.267 e. The lowest BCUT2D eigenvalue weighted by atomic mass is 10.1. The van der Waals surface area contributed by atoms with Crippen LogP contribution in [0.4, 0.5) is 0 Å². The van der Waals surface area contributed by atoms with Crippen LogP contribution < -0.4 is 5.32 Å². The third kappa shape index (κ3) is 42.5. The van der Waals surface area contributed by atoms with Crippen LogP contribution in [0.25, 0.3) is 0 Å². The van der Waals surface area contributed by atoms with Gasteiger partial charge in [-0.05, 0) is 83.5 Å². The molecular weight excluding hydrogens is 703 g/mol. The van der Waals surface area contributed by atoms with Gasteiger partial charge in [-0.3, -0.25) is 9.35 Å². The molecule has 55 heavy (non-hydrogen) atoms. The molecular formula is C48H83NO5S. The second-order valence-corrected chi connectivity index (χ2v) is 16.4. The number of hydrogen-bond acceptors (Lipinski definition) is 4. The first-order chi connectivity index (χ1) is 26.8. The van der Waals surface area contributed by atoms with Gasteiger partial charge in [0.15, 0.2) is 0 Å². The molecule has 1 amide bonds. The lowest BCUT2D eigenvalue weighted by molar-refractivity contribution is -0.122. The van der Waals surface area contributed by atoms with Crippen molar-refractivity contribution in [1.29, 1.82) is 0 Å². The summed E-state index contributed by atoms with van der Waals surface area (Å²) in [6, 6.07) is -1.09. The van der Waals surface area contributed by atoms with Crippen molar-refractivity contribution in [3.8, 4) is 0 Å². The number of unbranched alkanes of at least 4 members (excludes halogenated alkanes) is 19. The minimum atomic E-state index is -4.37. The van der Waals surface area contributed by atoms with Crippen LogP contribution >= 0.6 is 0 Å². The van der Waals surface area contributed by atoms with Crippen LogP contribution in [0.2, 0.25) is 0 Å². The lowest BCUT2D eigenvalue weighted by Crippen LogP contribution is -2.46. The van der Waals surface area contributed by atoms with E-state index in [1.165, 1.54) is 96.0 Å². The average molecular weight is 786 g/mol. The highest BCUT2D eigenvalue weighted by molar-refractivity contribution is 7.85. The maximum absolute atomic E-state index is 12.5. The largest absolute Gasteiger partial charge is 0.387 e. The van der Waals surface area contributed by atoms with E-state index in [0.717, 1.165) is 70.6 Å². The Labute approximate surface area is 339 Å². The highest BCUT2D eigenvalue weighted by Gasteiger charge is 2.24. The zero-order valence-electron chi connectivity index (χ0n) is 35.3. The molecule has 0 radical (unpaired) electrons.